The number of hydrogen-bond donors (Lipinski definition) is 2. The van der Waals surface area contributed by atoms with E-state index in [9.17, 15) is 4.79 Å². The number of carbonyl (C=O) groups is 1. The molecule has 0 atom stereocenters. The third-order valence-electron chi connectivity index (χ3n) is 4.02. The molecule has 4 nitrogen and oxygen atoms in total. The molecule has 0 heterocycles. The maximum atomic E-state index is 12.1. The van der Waals surface area contributed by atoms with Crippen LogP contribution in [0.3, 0.4) is 0 Å². The maximum absolute atomic E-state index is 12.1. The monoisotopic (exact) mass is 328 g/mol. The molecule has 5 heteroatoms. The van der Waals surface area contributed by atoms with Gasteiger partial charge in [0.1, 0.15) is 5.75 Å². The molecule has 0 spiro atoms. The lowest BCUT2D eigenvalue weighted by molar-refractivity contribution is -0.123. The fourth-order valence-corrected chi connectivity index (χ4v) is 2.30. The van der Waals surface area contributed by atoms with Crippen molar-refractivity contribution in [3.63, 3.8) is 0 Å². The molecule has 1 aromatic carbocycles. The Labute approximate surface area is 140 Å². The maximum Gasteiger partial charge on any atom is 0.220 e. The lowest BCUT2D eigenvalue weighted by Crippen LogP contribution is -2.52. The summed E-state index contributed by atoms with van der Waals surface area (Å²) >= 11 is 0. The Bertz CT molecular complexity index is 423. The van der Waals surface area contributed by atoms with Crippen molar-refractivity contribution in [1.29, 1.82) is 0 Å². The van der Waals surface area contributed by atoms with Gasteiger partial charge < -0.3 is 15.8 Å². The van der Waals surface area contributed by atoms with Crippen molar-refractivity contribution in [3.8, 4) is 5.75 Å². The molecule has 1 amide bonds. The molecule has 0 aliphatic carbocycles. The van der Waals surface area contributed by atoms with Crippen molar-refractivity contribution in [3.05, 3.63) is 29.8 Å². The first-order chi connectivity index (χ1) is 10.1. The van der Waals surface area contributed by atoms with E-state index in [-0.39, 0.29) is 23.9 Å². The zero-order chi connectivity index (χ0) is 15.7. The number of rotatable bonds is 9. The van der Waals surface area contributed by atoms with Gasteiger partial charge in [-0.25, -0.2) is 0 Å². The van der Waals surface area contributed by atoms with Crippen molar-refractivity contribution in [2.45, 2.75) is 52.0 Å². The number of carbonyl (C=O) groups excluding carboxylic acids is 1. The van der Waals surface area contributed by atoms with Crippen LogP contribution < -0.4 is 15.8 Å². The molecule has 3 N–H and O–H groups in total. The molecule has 0 unspecified atom stereocenters. The van der Waals surface area contributed by atoms with E-state index in [0.29, 0.717) is 19.6 Å². The summed E-state index contributed by atoms with van der Waals surface area (Å²) in [5.74, 6) is 0.933. The fraction of sp³-hybridized carbons (Fsp3) is 0.588. The fourth-order valence-electron chi connectivity index (χ4n) is 2.30. The molecule has 126 valence electrons. The second-order valence-corrected chi connectivity index (χ2v) is 5.32. The van der Waals surface area contributed by atoms with Gasteiger partial charge >= 0.3 is 0 Å². The van der Waals surface area contributed by atoms with Crippen LogP contribution in [0.5, 0.6) is 5.75 Å². The number of amides is 1. The Hall–Kier alpha value is -1.26. The van der Waals surface area contributed by atoms with Gasteiger partial charge in [0.05, 0.1) is 12.1 Å². The lowest BCUT2D eigenvalue weighted by Gasteiger charge is -2.31. The third kappa shape index (κ3) is 6.24. The molecular formula is C17H29ClN2O2. The number of halogens is 1. The van der Waals surface area contributed by atoms with Gasteiger partial charge in [0, 0.05) is 13.0 Å². The molecule has 0 aromatic heterocycles. The highest BCUT2D eigenvalue weighted by atomic mass is 35.5. The smallest absolute Gasteiger partial charge is 0.220 e. The minimum Gasteiger partial charge on any atom is -0.494 e. The molecule has 1 aromatic rings. The van der Waals surface area contributed by atoms with Gasteiger partial charge in [-0.1, -0.05) is 26.0 Å². The summed E-state index contributed by atoms with van der Waals surface area (Å²) in [7, 11) is 0. The molecule has 0 bridgehead atoms. The number of hydrogen-bond acceptors (Lipinski definition) is 3. The van der Waals surface area contributed by atoms with E-state index in [0.717, 1.165) is 30.6 Å². The topological polar surface area (TPSA) is 64.3 Å². The predicted molar refractivity (Wildman–Crippen MR) is 93.7 cm³/mol. The van der Waals surface area contributed by atoms with Crippen molar-refractivity contribution in [2.75, 3.05) is 13.2 Å². The summed E-state index contributed by atoms with van der Waals surface area (Å²) in [6, 6.07) is 7.90. The van der Waals surface area contributed by atoms with Crippen LogP contribution >= 0.6 is 12.4 Å². The number of aryl methyl sites for hydroxylation is 1. The summed E-state index contributed by atoms with van der Waals surface area (Å²) in [6.45, 7) is 7.22. The van der Waals surface area contributed by atoms with E-state index in [1.165, 1.54) is 0 Å². The van der Waals surface area contributed by atoms with E-state index in [1.54, 1.807) is 0 Å². The van der Waals surface area contributed by atoms with Gasteiger partial charge in [0.25, 0.3) is 0 Å². The van der Waals surface area contributed by atoms with Crippen LogP contribution in [-0.4, -0.2) is 24.6 Å². The van der Waals surface area contributed by atoms with Crippen molar-refractivity contribution in [1.82, 2.24) is 5.32 Å². The molecule has 0 aliphatic rings. The van der Waals surface area contributed by atoms with Crippen molar-refractivity contribution < 1.29 is 9.53 Å². The molecule has 1 rings (SSSR count). The van der Waals surface area contributed by atoms with E-state index in [4.69, 9.17) is 10.5 Å². The Morgan fingerprint density at radius 1 is 1.18 bits per heavy atom. The highest BCUT2D eigenvalue weighted by Gasteiger charge is 2.25. The lowest BCUT2D eigenvalue weighted by atomic mass is 9.92. The SMILES string of the molecule is CCOc1ccc(CCC(=O)NC(CC)(CC)CN)cc1.Cl. The highest BCUT2D eigenvalue weighted by molar-refractivity contribution is 5.85. The first kappa shape index (κ1) is 20.7. The Balaban J connectivity index is 0.00000441. The van der Waals surface area contributed by atoms with Gasteiger partial charge in [-0.3, -0.25) is 4.79 Å². The van der Waals surface area contributed by atoms with E-state index >= 15 is 0 Å². The van der Waals surface area contributed by atoms with Gasteiger partial charge in [-0.2, -0.15) is 0 Å². The average Bonchev–Trinajstić information content (AvgIpc) is 2.52. The zero-order valence-corrected chi connectivity index (χ0v) is 14.7. The molecule has 0 saturated heterocycles. The first-order valence-corrected chi connectivity index (χ1v) is 7.82. The van der Waals surface area contributed by atoms with Crippen LogP contribution in [-0.2, 0) is 11.2 Å². The highest BCUT2D eigenvalue weighted by Crippen LogP contribution is 2.15. The van der Waals surface area contributed by atoms with Crippen LogP contribution in [0.15, 0.2) is 24.3 Å². The van der Waals surface area contributed by atoms with E-state index in [1.807, 2.05) is 31.2 Å². The third-order valence-corrected chi connectivity index (χ3v) is 4.02. The molecule has 22 heavy (non-hydrogen) atoms. The Kier molecular flexibility index (Phi) is 9.86. The predicted octanol–water partition coefficient (Wildman–Crippen LogP) is 3.07. The van der Waals surface area contributed by atoms with Gasteiger partial charge in [0.2, 0.25) is 5.91 Å². The summed E-state index contributed by atoms with van der Waals surface area (Å²) in [5.41, 5.74) is 6.69. The second kappa shape index (κ2) is 10.5. The summed E-state index contributed by atoms with van der Waals surface area (Å²) in [5, 5.41) is 3.09. The van der Waals surface area contributed by atoms with E-state index in [2.05, 4.69) is 19.2 Å². The first-order valence-electron chi connectivity index (χ1n) is 7.82. The molecular weight excluding hydrogens is 300 g/mol. The number of ether oxygens (including phenoxy) is 1. The summed E-state index contributed by atoms with van der Waals surface area (Å²) in [6.07, 6.45) is 2.92. The second-order valence-electron chi connectivity index (χ2n) is 5.32. The normalized spacial score (nSPS) is 10.7. The minimum absolute atomic E-state index is 0. The molecule has 0 saturated carbocycles. The number of nitrogens with two attached hydrogens (primary N) is 1. The van der Waals surface area contributed by atoms with Gasteiger partial charge in [-0.15, -0.1) is 12.4 Å². The quantitative estimate of drug-likeness (QED) is 0.732. The minimum atomic E-state index is -0.254. The Morgan fingerprint density at radius 3 is 2.23 bits per heavy atom. The van der Waals surface area contributed by atoms with Crippen LogP contribution in [0.1, 0.15) is 45.6 Å². The van der Waals surface area contributed by atoms with Crippen LogP contribution in [0, 0.1) is 0 Å². The van der Waals surface area contributed by atoms with Crippen LogP contribution in [0.2, 0.25) is 0 Å². The molecule has 0 aliphatic heterocycles. The molecule has 0 fully saturated rings. The van der Waals surface area contributed by atoms with Crippen molar-refractivity contribution in [2.24, 2.45) is 5.73 Å². The largest absolute Gasteiger partial charge is 0.494 e. The zero-order valence-electron chi connectivity index (χ0n) is 13.9. The van der Waals surface area contributed by atoms with E-state index < -0.39 is 0 Å². The van der Waals surface area contributed by atoms with Gasteiger partial charge in [0.15, 0.2) is 0 Å². The number of nitrogens with one attached hydrogen (secondary N) is 1. The van der Waals surface area contributed by atoms with Crippen molar-refractivity contribution >= 4 is 18.3 Å². The van der Waals surface area contributed by atoms with Gasteiger partial charge in [-0.05, 0) is 43.9 Å². The Morgan fingerprint density at radius 2 is 1.77 bits per heavy atom. The van der Waals surface area contributed by atoms with Crippen LogP contribution in [0.4, 0.5) is 0 Å². The average molecular weight is 329 g/mol. The standard InChI is InChI=1S/C17H28N2O2.ClH/c1-4-17(5-2,13-18)19-16(20)12-9-14-7-10-15(11-8-14)21-6-3;/h7-8,10-11H,4-6,9,12-13,18H2,1-3H3,(H,19,20);1H. The summed E-state index contributed by atoms with van der Waals surface area (Å²) in [4.78, 5) is 12.1. The van der Waals surface area contributed by atoms with Crippen LogP contribution in [0.25, 0.3) is 0 Å². The summed E-state index contributed by atoms with van der Waals surface area (Å²) < 4.78 is 5.40. The number of benzene rings is 1. The molecule has 0 radical (unpaired) electrons.